The summed E-state index contributed by atoms with van der Waals surface area (Å²) in [4.78, 5) is 4.67. The van der Waals surface area contributed by atoms with Gasteiger partial charge in [0.2, 0.25) is 0 Å². The van der Waals surface area contributed by atoms with E-state index >= 15 is 0 Å². The molecule has 0 spiro atoms. The van der Waals surface area contributed by atoms with Gasteiger partial charge < -0.3 is 5.32 Å². The second-order valence-electron chi connectivity index (χ2n) is 5.95. The van der Waals surface area contributed by atoms with Crippen molar-refractivity contribution < 1.29 is 0 Å². The monoisotopic (exact) mass is 296 g/mol. The SMILES string of the molecule is CC(C)(C)C1CCSC(=NCc2ccc(Cl)cc2)N1. The molecule has 1 aromatic carbocycles. The quantitative estimate of drug-likeness (QED) is 0.878. The van der Waals surface area contributed by atoms with E-state index in [2.05, 4.69) is 31.1 Å². The van der Waals surface area contributed by atoms with Gasteiger partial charge >= 0.3 is 0 Å². The highest BCUT2D eigenvalue weighted by atomic mass is 35.5. The van der Waals surface area contributed by atoms with Crippen molar-refractivity contribution in [2.45, 2.75) is 39.8 Å². The second-order valence-corrected chi connectivity index (χ2v) is 7.47. The first-order chi connectivity index (χ1) is 8.95. The molecule has 2 rings (SSSR count). The van der Waals surface area contributed by atoms with Gasteiger partial charge in [-0.15, -0.1) is 0 Å². The highest BCUT2D eigenvalue weighted by Crippen LogP contribution is 2.27. The van der Waals surface area contributed by atoms with Crippen LogP contribution in [0.15, 0.2) is 29.3 Å². The van der Waals surface area contributed by atoms with Crippen molar-refractivity contribution in [1.82, 2.24) is 5.32 Å². The number of hydrogen-bond acceptors (Lipinski definition) is 2. The third-order valence-electron chi connectivity index (χ3n) is 3.31. The van der Waals surface area contributed by atoms with E-state index < -0.39 is 0 Å². The minimum atomic E-state index is 0.280. The Kier molecular flexibility index (Phi) is 4.80. The van der Waals surface area contributed by atoms with Gasteiger partial charge in [-0.2, -0.15) is 0 Å². The first kappa shape index (κ1) is 14.7. The molecular weight excluding hydrogens is 276 g/mol. The summed E-state index contributed by atoms with van der Waals surface area (Å²) in [6, 6.07) is 8.40. The highest BCUT2D eigenvalue weighted by Gasteiger charge is 2.28. The Balaban J connectivity index is 1.97. The molecule has 0 radical (unpaired) electrons. The molecule has 1 saturated heterocycles. The molecule has 1 N–H and O–H groups in total. The summed E-state index contributed by atoms with van der Waals surface area (Å²) in [5.74, 6) is 1.15. The Labute approximate surface area is 125 Å². The van der Waals surface area contributed by atoms with Crippen LogP contribution in [-0.2, 0) is 6.54 Å². The van der Waals surface area contributed by atoms with Crippen molar-refractivity contribution in [3.8, 4) is 0 Å². The van der Waals surface area contributed by atoms with Crippen molar-refractivity contribution in [1.29, 1.82) is 0 Å². The Morgan fingerprint density at radius 3 is 2.63 bits per heavy atom. The van der Waals surface area contributed by atoms with Crippen LogP contribution in [0.25, 0.3) is 0 Å². The van der Waals surface area contributed by atoms with Crippen LogP contribution in [0.1, 0.15) is 32.8 Å². The van der Waals surface area contributed by atoms with Crippen molar-refractivity contribution in [3.63, 3.8) is 0 Å². The van der Waals surface area contributed by atoms with E-state index in [0.29, 0.717) is 12.6 Å². The average molecular weight is 297 g/mol. The summed E-state index contributed by atoms with van der Waals surface area (Å²) in [6.45, 7) is 7.54. The second kappa shape index (κ2) is 6.19. The molecular formula is C15H21ClN2S. The summed E-state index contributed by atoms with van der Waals surface area (Å²) >= 11 is 7.70. The number of rotatable bonds is 2. The maximum Gasteiger partial charge on any atom is 0.157 e. The van der Waals surface area contributed by atoms with E-state index in [1.54, 1.807) is 0 Å². The minimum absolute atomic E-state index is 0.280. The lowest BCUT2D eigenvalue weighted by atomic mass is 9.85. The van der Waals surface area contributed by atoms with Crippen LogP contribution in [0.3, 0.4) is 0 Å². The average Bonchev–Trinajstić information content (AvgIpc) is 2.37. The maximum absolute atomic E-state index is 5.88. The number of aliphatic imine (C=N–C) groups is 1. The molecule has 0 bridgehead atoms. The van der Waals surface area contributed by atoms with Crippen molar-refractivity contribution in [2.24, 2.45) is 10.4 Å². The van der Waals surface area contributed by atoms with E-state index in [1.807, 2.05) is 36.0 Å². The lowest BCUT2D eigenvalue weighted by Crippen LogP contribution is -2.46. The lowest BCUT2D eigenvalue weighted by molar-refractivity contribution is 0.290. The maximum atomic E-state index is 5.88. The number of halogens is 1. The van der Waals surface area contributed by atoms with Crippen LogP contribution < -0.4 is 5.32 Å². The third kappa shape index (κ3) is 4.43. The summed E-state index contributed by atoms with van der Waals surface area (Å²) in [6.07, 6.45) is 1.20. The van der Waals surface area contributed by atoms with Crippen LogP contribution in [0, 0.1) is 5.41 Å². The highest BCUT2D eigenvalue weighted by molar-refractivity contribution is 8.13. The fourth-order valence-electron chi connectivity index (χ4n) is 2.03. The number of nitrogens with zero attached hydrogens (tertiary/aromatic N) is 1. The molecule has 1 heterocycles. The van der Waals surface area contributed by atoms with E-state index in [1.165, 1.54) is 12.0 Å². The van der Waals surface area contributed by atoms with Gasteiger partial charge in [0, 0.05) is 16.8 Å². The molecule has 1 aliphatic heterocycles. The molecule has 1 fully saturated rings. The zero-order valence-corrected chi connectivity index (χ0v) is 13.3. The molecule has 0 amide bonds. The largest absolute Gasteiger partial charge is 0.362 e. The van der Waals surface area contributed by atoms with E-state index in [0.717, 1.165) is 15.9 Å². The standard InChI is InChI=1S/C15H21ClN2S/c1-15(2,3)13-8-9-19-14(18-13)17-10-11-4-6-12(16)7-5-11/h4-7,13H,8-10H2,1-3H3,(H,17,18). The van der Waals surface area contributed by atoms with Gasteiger partial charge in [0.05, 0.1) is 6.54 Å². The Hall–Kier alpha value is -0.670. The van der Waals surface area contributed by atoms with Gasteiger partial charge in [0.1, 0.15) is 0 Å². The first-order valence-electron chi connectivity index (χ1n) is 6.63. The molecule has 1 aromatic rings. The molecule has 0 aliphatic carbocycles. The smallest absolute Gasteiger partial charge is 0.157 e. The Morgan fingerprint density at radius 1 is 1.32 bits per heavy atom. The molecule has 1 unspecified atom stereocenters. The van der Waals surface area contributed by atoms with Gasteiger partial charge in [-0.1, -0.05) is 56.3 Å². The Bertz CT molecular complexity index is 448. The molecule has 104 valence electrons. The summed E-state index contributed by atoms with van der Waals surface area (Å²) in [7, 11) is 0. The molecule has 0 aromatic heterocycles. The number of hydrogen-bond donors (Lipinski definition) is 1. The van der Waals surface area contributed by atoms with Crippen LogP contribution in [0.4, 0.5) is 0 Å². The summed E-state index contributed by atoms with van der Waals surface area (Å²) < 4.78 is 0. The fraction of sp³-hybridized carbons (Fsp3) is 0.533. The summed E-state index contributed by atoms with van der Waals surface area (Å²) in [5.41, 5.74) is 1.47. The van der Waals surface area contributed by atoms with E-state index in [4.69, 9.17) is 11.6 Å². The first-order valence-corrected chi connectivity index (χ1v) is 8.00. The normalized spacial score (nSPS) is 22.3. The predicted octanol–water partition coefficient (Wildman–Crippen LogP) is 4.34. The topological polar surface area (TPSA) is 24.4 Å². The number of amidine groups is 1. The molecule has 2 nitrogen and oxygen atoms in total. The number of nitrogens with one attached hydrogen (secondary N) is 1. The Morgan fingerprint density at radius 2 is 2.00 bits per heavy atom. The van der Waals surface area contributed by atoms with Gasteiger partial charge in [0.15, 0.2) is 5.17 Å². The van der Waals surface area contributed by atoms with Crippen molar-refractivity contribution >= 4 is 28.5 Å². The van der Waals surface area contributed by atoms with Gasteiger partial charge in [-0.25, -0.2) is 0 Å². The van der Waals surface area contributed by atoms with Gasteiger partial charge in [-0.3, -0.25) is 4.99 Å². The van der Waals surface area contributed by atoms with Crippen LogP contribution in [0.5, 0.6) is 0 Å². The van der Waals surface area contributed by atoms with Gasteiger partial charge in [0.25, 0.3) is 0 Å². The van der Waals surface area contributed by atoms with Crippen molar-refractivity contribution in [2.75, 3.05) is 5.75 Å². The molecule has 0 saturated carbocycles. The van der Waals surface area contributed by atoms with Crippen LogP contribution in [0.2, 0.25) is 5.02 Å². The lowest BCUT2D eigenvalue weighted by Gasteiger charge is -2.35. The number of benzene rings is 1. The van der Waals surface area contributed by atoms with E-state index in [9.17, 15) is 0 Å². The molecule has 1 aliphatic rings. The third-order valence-corrected chi connectivity index (χ3v) is 4.52. The zero-order chi connectivity index (χ0) is 13.9. The number of thioether (sulfide) groups is 1. The van der Waals surface area contributed by atoms with Crippen molar-refractivity contribution in [3.05, 3.63) is 34.9 Å². The zero-order valence-electron chi connectivity index (χ0n) is 11.7. The predicted molar refractivity (Wildman–Crippen MR) is 86.0 cm³/mol. The van der Waals surface area contributed by atoms with Crippen LogP contribution >= 0.6 is 23.4 Å². The fourth-order valence-corrected chi connectivity index (χ4v) is 3.08. The van der Waals surface area contributed by atoms with Gasteiger partial charge in [-0.05, 0) is 29.5 Å². The molecule has 1 atom stereocenters. The van der Waals surface area contributed by atoms with Crippen LogP contribution in [-0.4, -0.2) is 17.0 Å². The minimum Gasteiger partial charge on any atom is -0.362 e. The molecule has 4 heteroatoms. The summed E-state index contributed by atoms with van der Waals surface area (Å²) in [5, 5.41) is 5.40. The molecule has 19 heavy (non-hydrogen) atoms. The van der Waals surface area contributed by atoms with E-state index in [-0.39, 0.29) is 5.41 Å².